The Morgan fingerprint density at radius 3 is 2.44 bits per heavy atom. The number of benzene rings is 3. The summed E-state index contributed by atoms with van der Waals surface area (Å²) in [5, 5.41) is 21.9. The smallest absolute Gasteiger partial charge is 0.350 e. The first-order valence-electron chi connectivity index (χ1n) is 13.2. The predicted octanol–water partition coefficient (Wildman–Crippen LogP) is 5.47. The van der Waals surface area contributed by atoms with Crippen molar-refractivity contribution in [2.75, 3.05) is 19.1 Å². The van der Waals surface area contributed by atoms with Gasteiger partial charge in [0.2, 0.25) is 0 Å². The topological polar surface area (TPSA) is 135 Å². The highest BCUT2D eigenvalue weighted by molar-refractivity contribution is 7.17. The zero-order chi connectivity index (χ0) is 30.8. The van der Waals surface area contributed by atoms with E-state index in [2.05, 4.69) is 4.98 Å². The van der Waals surface area contributed by atoms with E-state index in [-0.39, 0.29) is 27.1 Å². The molecule has 0 bridgehead atoms. The van der Waals surface area contributed by atoms with Crippen LogP contribution in [0.2, 0.25) is 0 Å². The van der Waals surface area contributed by atoms with Crippen molar-refractivity contribution in [1.29, 1.82) is 0 Å². The van der Waals surface area contributed by atoms with E-state index < -0.39 is 29.5 Å². The number of ether oxygens (including phenoxy) is 3. The van der Waals surface area contributed by atoms with Gasteiger partial charge >= 0.3 is 11.9 Å². The normalized spacial score (nSPS) is 15.9. The van der Waals surface area contributed by atoms with Crippen LogP contribution in [0.25, 0.3) is 5.76 Å². The van der Waals surface area contributed by atoms with Crippen LogP contribution < -0.4 is 14.4 Å². The number of Topliss-reactive ketones (excluding diaryl/α,β-unsaturated/α-hetero) is 1. The standard InChI is InChI=1S/C32H28N2O8S/c1-17-14-21(42-16-19-8-6-5-7-9-19)11-12-22(17)27(36)25-26(20-10-13-23(35)24(15-20)40-3)34(30(38)28(25)37)32-33-18(2)29(43-32)31(39)41-4/h5-15,26,35-36H,16H2,1-4H3/b27-25+. The van der Waals surface area contributed by atoms with Gasteiger partial charge < -0.3 is 24.4 Å². The maximum absolute atomic E-state index is 13.6. The Hall–Kier alpha value is -5.16. The summed E-state index contributed by atoms with van der Waals surface area (Å²) >= 11 is 0.891. The van der Waals surface area contributed by atoms with Gasteiger partial charge in [-0.1, -0.05) is 47.7 Å². The van der Waals surface area contributed by atoms with Gasteiger partial charge in [-0.2, -0.15) is 0 Å². The average Bonchev–Trinajstić information content (AvgIpc) is 3.52. The molecule has 1 aromatic heterocycles. The van der Waals surface area contributed by atoms with Crippen molar-refractivity contribution in [2.45, 2.75) is 26.5 Å². The highest BCUT2D eigenvalue weighted by Gasteiger charge is 2.48. The van der Waals surface area contributed by atoms with Gasteiger partial charge in [0.05, 0.1) is 31.5 Å². The summed E-state index contributed by atoms with van der Waals surface area (Å²) in [6.45, 7) is 3.69. The minimum absolute atomic E-state index is 0.0671. The fourth-order valence-corrected chi connectivity index (χ4v) is 5.87. The van der Waals surface area contributed by atoms with Crippen molar-refractivity contribution in [3.05, 3.63) is 105 Å². The van der Waals surface area contributed by atoms with Gasteiger partial charge in [-0.25, -0.2) is 9.78 Å². The third-order valence-electron chi connectivity index (χ3n) is 7.03. The van der Waals surface area contributed by atoms with Gasteiger partial charge in [-0.3, -0.25) is 14.5 Å². The molecule has 10 nitrogen and oxygen atoms in total. The fraction of sp³-hybridized carbons (Fsp3) is 0.188. The number of amides is 1. The molecule has 1 amide bonds. The van der Waals surface area contributed by atoms with Crippen molar-refractivity contribution in [3.63, 3.8) is 0 Å². The van der Waals surface area contributed by atoms with E-state index in [9.17, 15) is 24.6 Å². The van der Waals surface area contributed by atoms with Crippen LogP contribution in [0.5, 0.6) is 17.2 Å². The second-order valence-corrected chi connectivity index (χ2v) is 10.7. The Morgan fingerprint density at radius 2 is 1.77 bits per heavy atom. The number of aliphatic hydroxyl groups excluding tert-OH is 1. The lowest BCUT2D eigenvalue weighted by atomic mass is 9.93. The van der Waals surface area contributed by atoms with Gasteiger partial charge in [0.15, 0.2) is 16.6 Å². The molecule has 4 aromatic rings. The summed E-state index contributed by atoms with van der Waals surface area (Å²) in [7, 11) is 2.60. The molecule has 0 saturated carbocycles. The molecule has 1 fully saturated rings. The van der Waals surface area contributed by atoms with Crippen LogP contribution in [-0.2, 0) is 20.9 Å². The van der Waals surface area contributed by atoms with Crippen LogP contribution in [0.1, 0.15) is 43.7 Å². The third-order valence-corrected chi connectivity index (χ3v) is 8.16. The van der Waals surface area contributed by atoms with Crippen LogP contribution in [0.4, 0.5) is 5.13 Å². The van der Waals surface area contributed by atoms with Crippen molar-refractivity contribution >= 4 is 39.9 Å². The van der Waals surface area contributed by atoms with Crippen LogP contribution in [0.15, 0.2) is 72.3 Å². The SMILES string of the molecule is COC(=O)c1sc(N2C(=O)C(=O)/C(=C(/O)c3ccc(OCc4ccccc4)cc3C)C2c2ccc(O)c(OC)c2)nc1C. The monoisotopic (exact) mass is 600 g/mol. The summed E-state index contributed by atoms with van der Waals surface area (Å²) in [5.41, 5.74) is 2.41. The quantitative estimate of drug-likeness (QED) is 0.117. The number of aliphatic hydroxyl groups is 1. The van der Waals surface area contributed by atoms with Crippen LogP contribution in [0, 0.1) is 13.8 Å². The molecule has 5 rings (SSSR count). The highest BCUT2D eigenvalue weighted by atomic mass is 32.1. The molecule has 0 aliphatic carbocycles. The lowest BCUT2D eigenvalue weighted by Gasteiger charge is -2.23. The van der Waals surface area contributed by atoms with Crippen molar-refractivity contribution < 1.29 is 38.8 Å². The van der Waals surface area contributed by atoms with Gasteiger partial charge in [0.1, 0.15) is 23.0 Å². The zero-order valence-electron chi connectivity index (χ0n) is 23.8. The van der Waals surface area contributed by atoms with Crippen molar-refractivity contribution in [1.82, 2.24) is 4.98 Å². The number of hydrogen-bond donors (Lipinski definition) is 2. The second-order valence-electron chi connectivity index (χ2n) is 9.75. The number of methoxy groups -OCH3 is 2. The van der Waals surface area contributed by atoms with Crippen LogP contribution >= 0.6 is 11.3 Å². The number of phenols is 1. The molecule has 220 valence electrons. The largest absolute Gasteiger partial charge is 0.507 e. The van der Waals surface area contributed by atoms with E-state index in [0.717, 1.165) is 21.8 Å². The Balaban J connectivity index is 1.61. The van der Waals surface area contributed by atoms with Crippen molar-refractivity contribution in [3.8, 4) is 17.2 Å². The predicted molar refractivity (Wildman–Crippen MR) is 160 cm³/mol. The highest BCUT2D eigenvalue weighted by Crippen LogP contribution is 2.45. The first-order chi connectivity index (χ1) is 20.6. The summed E-state index contributed by atoms with van der Waals surface area (Å²) in [4.78, 5) is 45.2. The molecular weight excluding hydrogens is 572 g/mol. The number of hydrogen-bond acceptors (Lipinski definition) is 10. The van der Waals surface area contributed by atoms with E-state index in [1.54, 1.807) is 32.0 Å². The number of carbonyl (C=O) groups is 3. The maximum Gasteiger partial charge on any atom is 0.350 e. The molecule has 43 heavy (non-hydrogen) atoms. The van der Waals surface area contributed by atoms with E-state index >= 15 is 0 Å². The second kappa shape index (κ2) is 12.0. The number of carbonyl (C=O) groups excluding carboxylic acids is 3. The lowest BCUT2D eigenvalue weighted by molar-refractivity contribution is -0.132. The number of anilines is 1. The van der Waals surface area contributed by atoms with Crippen LogP contribution in [-0.4, -0.2) is 47.1 Å². The Kier molecular flexibility index (Phi) is 8.18. The Morgan fingerprint density at radius 1 is 1.02 bits per heavy atom. The van der Waals surface area contributed by atoms with Gasteiger partial charge in [0, 0.05) is 5.56 Å². The fourth-order valence-electron chi connectivity index (χ4n) is 4.85. The minimum Gasteiger partial charge on any atom is -0.507 e. The maximum atomic E-state index is 13.6. The number of rotatable bonds is 8. The summed E-state index contributed by atoms with van der Waals surface area (Å²) < 4.78 is 16.0. The number of aromatic hydroxyl groups is 1. The van der Waals surface area contributed by atoms with Crippen LogP contribution in [0.3, 0.4) is 0 Å². The van der Waals surface area contributed by atoms with Gasteiger partial charge in [-0.15, -0.1) is 0 Å². The molecule has 0 radical (unpaired) electrons. The molecule has 1 aliphatic heterocycles. The molecule has 3 aromatic carbocycles. The molecule has 1 atom stereocenters. The molecule has 2 N–H and O–H groups in total. The molecule has 1 aliphatic rings. The number of esters is 1. The van der Waals surface area contributed by atoms with Gasteiger partial charge in [-0.05, 0) is 60.9 Å². The lowest BCUT2D eigenvalue weighted by Crippen LogP contribution is -2.29. The average molecular weight is 601 g/mol. The molecule has 11 heteroatoms. The van der Waals surface area contributed by atoms with E-state index in [1.165, 1.54) is 32.4 Å². The van der Waals surface area contributed by atoms with Crippen molar-refractivity contribution in [2.24, 2.45) is 0 Å². The van der Waals surface area contributed by atoms with Gasteiger partial charge in [0.25, 0.3) is 5.78 Å². The van der Waals surface area contributed by atoms with E-state index in [0.29, 0.717) is 34.7 Å². The Bertz CT molecular complexity index is 1760. The summed E-state index contributed by atoms with van der Waals surface area (Å²) in [5.74, 6) is -2.40. The first-order valence-corrected chi connectivity index (χ1v) is 14.0. The third kappa shape index (κ3) is 5.54. The first kappa shape index (κ1) is 29.3. The number of aromatic nitrogens is 1. The summed E-state index contributed by atoms with van der Waals surface area (Å²) in [6.07, 6.45) is 0. The Labute approximate surface area is 251 Å². The molecule has 2 heterocycles. The molecular formula is C32H28N2O8S. The number of aryl methyl sites for hydroxylation is 2. The molecule has 1 unspecified atom stereocenters. The van der Waals surface area contributed by atoms with E-state index in [4.69, 9.17) is 14.2 Å². The molecule has 0 spiro atoms. The number of phenolic OH excluding ortho intramolecular Hbond substituents is 1. The number of thiazole rings is 1. The number of ketones is 1. The van der Waals surface area contributed by atoms with E-state index in [1.807, 2.05) is 30.3 Å². The minimum atomic E-state index is -1.15. The number of nitrogens with zero attached hydrogens (tertiary/aromatic N) is 2. The zero-order valence-corrected chi connectivity index (χ0v) is 24.6. The molecule has 1 saturated heterocycles. The summed E-state index contributed by atoms with van der Waals surface area (Å²) in [6, 6.07) is 17.9.